The molecule has 1 saturated heterocycles. The number of piperazine rings is 1. The van der Waals surface area contributed by atoms with Crippen LogP contribution < -0.4 is 16.0 Å². The number of nitrogens with one attached hydrogen (secondary N) is 1. The molecule has 0 radical (unpaired) electrons. The van der Waals surface area contributed by atoms with Gasteiger partial charge in [0.05, 0.1) is 5.39 Å². The normalized spacial score (nSPS) is 15.3. The minimum Gasteiger partial charge on any atom is -0.368 e. The molecular weight excluding hydrogens is 294 g/mol. The first kappa shape index (κ1) is 13.8. The molecule has 0 bridgehead atoms. The molecule has 3 aromatic rings. The van der Waals surface area contributed by atoms with Crippen LogP contribution in [0.4, 0.5) is 11.9 Å². The fourth-order valence-electron chi connectivity index (χ4n) is 2.74. The van der Waals surface area contributed by atoms with E-state index in [-0.39, 0.29) is 5.95 Å². The fraction of sp³-hybridized carbons (Fsp3) is 0.357. The molecule has 118 valence electrons. The summed E-state index contributed by atoms with van der Waals surface area (Å²) in [6.07, 6.45) is 5.27. The Morgan fingerprint density at radius 1 is 1.09 bits per heavy atom. The third-order valence-corrected chi connectivity index (χ3v) is 3.91. The van der Waals surface area contributed by atoms with Gasteiger partial charge in [-0.3, -0.25) is 0 Å². The molecular formula is C14H17N9. The lowest BCUT2D eigenvalue weighted by molar-refractivity contribution is 0.580. The molecule has 4 heterocycles. The first-order valence-electron chi connectivity index (χ1n) is 7.45. The maximum Gasteiger partial charge on any atom is 0.225 e. The van der Waals surface area contributed by atoms with E-state index in [9.17, 15) is 0 Å². The molecule has 1 aliphatic heterocycles. The van der Waals surface area contributed by atoms with Crippen molar-refractivity contribution in [3.63, 3.8) is 0 Å². The summed E-state index contributed by atoms with van der Waals surface area (Å²) < 4.78 is 1.69. The van der Waals surface area contributed by atoms with Crippen molar-refractivity contribution in [2.45, 2.75) is 0 Å². The Kier molecular flexibility index (Phi) is 3.27. The minimum absolute atomic E-state index is 0.234. The van der Waals surface area contributed by atoms with Crippen LogP contribution in [0.2, 0.25) is 0 Å². The Bertz CT molecular complexity index is 833. The van der Waals surface area contributed by atoms with Crippen LogP contribution in [0.5, 0.6) is 0 Å². The van der Waals surface area contributed by atoms with Crippen molar-refractivity contribution in [1.82, 2.24) is 35.0 Å². The minimum atomic E-state index is 0.234. The van der Waals surface area contributed by atoms with Crippen molar-refractivity contribution >= 4 is 22.9 Å². The smallest absolute Gasteiger partial charge is 0.225 e. The Labute approximate surface area is 132 Å². The number of nitrogen functional groups attached to an aromatic ring is 1. The van der Waals surface area contributed by atoms with E-state index in [0.717, 1.165) is 48.8 Å². The van der Waals surface area contributed by atoms with Crippen LogP contribution >= 0.6 is 0 Å². The number of aryl methyl sites for hydroxylation is 1. The summed E-state index contributed by atoms with van der Waals surface area (Å²) in [5, 5.41) is 8.65. The van der Waals surface area contributed by atoms with E-state index < -0.39 is 0 Å². The number of anilines is 2. The number of nitrogens with two attached hydrogens (primary N) is 1. The van der Waals surface area contributed by atoms with E-state index in [1.54, 1.807) is 23.3 Å². The quantitative estimate of drug-likeness (QED) is 0.670. The van der Waals surface area contributed by atoms with Gasteiger partial charge in [0, 0.05) is 57.4 Å². The van der Waals surface area contributed by atoms with Crippen LogP contribution in [0.15, 0.2) is 18.6 Å². The third-order valence-electron chi connectivity index (χ3n) is 3.91. The highest BCUT2D eigenvalue weighted by Crippen LogP contribution is 2.26. The van der Waals surface area contributed by atoms with Gasteiger partial charge in [0.2, 0.25) is 11.9 Å². The van der Waals surface area contributed by atoms with Crippen molar-refractivity contribution < 1.29 is 0 Å². The van der Waals surface area contributed by atoms with Gasteiger partial charge in [-0.25, -0.2) is 19.6 Å². The van der Waals surface area contributed by atoms with Crippen LogP contribution in [-0.4, -0.2) is 55.9 Å². The highest BCUT2D eigenvalue weighted by atomic mass is 15.3. The lowest BCUT2D eigenvalue weighted by atomic mass is 10.2. The number of hydrogen-bond donors (Lipinski definition) is 2. The van der Waals surface area contributed by atoms with Crippen molar-refractivity contribution in [1.29, 1.82) is 0 Å². The second-order valence-electron chi connectivity index (χ2n) is 5.45. The van der Waals surface area contributed by atoms with E-state index in [1.807, 2.05) is 7.05 Å². The second-order valence-corrected chi connectivity index (χ2v) is 5.45. The molecule has 23 heavy (non-hydrogen) atoms. The number of nitrogens with zero attached hydrogens (tertiary/aromatic N) is 7. The first-order chi connectivity index (χ1) is 11.2. The molecule has 0 aliphatic carbocycles. The molecule has 3 aromatic heterocycles. The zero-order chi connectivity index (χ0) is 15.8. The number of fused-ring (bicyclic) bond motifs is 1. The average Bonchev–Trinajstić information content (AvgIpc) is 2.92. The summed E-state index contributed by atoms with van der Waals surface area (Å²) in [7, 11) is 1.83. The van der Waals surface area contributed by atoms with Gasteiger partial charge in [-0.05, 0) is 0 Å². The van der Waals surface area contributed by atoms with E-state index >= 15 is 0 Å². The van der Waals surface area contributed by atoms with Crippen LogP contribution in [0.25, 0.3) is 22.3 Å². The Hall–Kier alpha value is -2.81. The van der Waals surface area contributed by atoms with Gasteiger partial charge >= 0.3 is 0 Å². The topological polar surface area (TPSA) is 111 Å². The number of rotatable bonds is 2. The van der Waals surface area contributed by atoms with Gasteiger partial charge in [-0.2, -0.15) is 10.1 Å². The highest BCUT2D eigenvalue weighted by Gasteiger charge is 2.16. The molecule has 9 nitrogen and oxygen atoms in total. The molecule has 1 fully saturated rings. The van der Waals surface area contributed by atoms with Gasteiger partial charge < -0.3 is 16.0 Å². The molecule has 0 atom stereocenters. The Balaban J connectivity index is 1.71. The van der Waals surface area contributed by atoms with Gasteiger partial charge in [0.1, 0.15) is 5.69 Å². The largest absolute Gasteiger partial charge is 0.368 e. The molecule has 4 rings (SSSR count). The lowest BCUT2D eigenvalue weighted by Crippen LogP contribution is -2.44. The molecule has 0 aromatic carbocycles. The average molecular weight is 311 g/mol. The molecule has 1 aliphatic rings. The number of aromatic nitrogens is 6. The summed E-state index contributed by atoms with van der Waals surface area (Å²) in [5.41, 5.74) is 7.93. The maximum absolute atomic E-state index is 5.64. The van der Waals surface area contributed by atoms with E-state index in [4.69, 9.17) is 5.73 Å². The second kappa shape index (κ2) is 5.43. The van der Waals surface area contributed by atoms with Gasteiger partial charge in [0.25, 0.3) is 0 Å². The zero-order valence-corrected chi connectivity index (χ0v) is 12.8. The van der Waals surface area contributed by atoms with Crippen LogP contribution in [0, 0.1) is 0 Å². The summed E-state index contributed by atoms with van der Waals surface area (Å²) in [6.45, 7) is 3.74. The van der Waals surface area contributed by atoms with Gasteiger partial charge in [-0.1, -0.05) is 0 Å². The highest BCUT2D eigenvalue weighted by molar-refractivity contribution is 5.90. The standard InChI is InChI=1S/C14H17N9/c1-22-12-10(8-17-13(15)20-12)11(21-22)9-6-18-14(19-7-9)23-4-2-16-3-5-23/h6-8,16H,2-5H2,1H3,(H2,15,17,20). The van der Waals surface area contributed by atoms with E-state index in [0.29, 0.717) is 5.65 Å². The first-order valence-corrected chi connectivity index (χ1v) is 7.45. The van der Waals surface area contributed by atoms with Crippen LogP contribution in [0.3, 0.4) is 0 Å². The Morgan fingerprint density at radius 2 is 1.83 bits per heavy atom. The third kappa shape index (κ3) is 2.44. The monoisotopic (exact) mass is 311 g/mol. The summed E-state index contributed by atoms with van der Waals surface area (Å²) >= 11 is 0. The lowest BCUT2D eigenvalue weighted by Gasteiger charge is -2.27. The van der Waals surface area contributed by atoms with Gasteiger partial charge in [0.15, 0.2) is 5.65 Å². The zero-order valence-electron chi connectivity index (χ0n) is 12.8. The van der Waals surface area contributed by atoms with Crippen molar-refractivity contribution in [3.8, 4) is 11.3 Å². The molecule has 0 unspecified atom stereocenters. The predicted molar refractivity (Wildman–Crippen MR) is 86.8 cm³/mol. The summed E-state index contributed by atoms with van der Waals surface area (Å²) in [5.74, 6) is 0.980. The maximum atomic E-state index is 5.64. The van der Waals surface area contributed by atoms with Crippen LogP contribution in [-0.2, 0) is 7.05 Å². The molecule has 9 heteroatoms. The van der Waals surface area contributed by atoms with Crippen molar-refractivity contribution in [2.24, 2.45) is 7.05 Å². The molecule has 3 N–H and O–H groups in total. The summed E-state index contributed by atoms with van der Waals surface area (Å²) in [6, 6.07) is 0. The van der Waals surface area contributed by atoms with Crippen molar-refractivity contribution in [3.05, 3.63) is 18.6 Å². The Morgan fingerprint density at radius 3 is 2.57 bits per heavy atom. The summed E-state index contributed by atoms with van der Waals surface area (Å²) in [4.78, 5) is 19.4. The molecule has 0 amide bonds. The van der Waals surface area contributed by atoms with E-state index in [2.05, 4.69) is 35.3 Å². The predicted octanol–water partition coefficient (Wildman–Crippen LogP) is -0.188. The number of hydrogen-bond acceptors (Lipinski definition) is 8. The molecule has 0 saturated carbocycles. The van der Waals surface area contributed by atoms with Gasteiger partial charge in [-0.15, -0.1) is 0 Å². The SMILES string of the molecule is Cn1nc(-c2cnc(N3CCNCC3)nc2)c2cnc(N)nc21. The molecule has 0 spiro atoms. The van der Waals surface area contributed by atoms with Crippen LogP contribution in [0.1, 0.15) is 0 Å². The van der Waals surface area contributed by atoms with Crippen molar-refractivity contribution in [2.75, 3.05) is 36.8 Å². The van der Waals surface area contributed by atoms with E-state index in [1.165, 1.54) is 0 Å². The fourth-order valence-corrected chi connectivity index (χ4v) is 2.74.